The number of amides is 1. The lowest BCUT2D eigenvalue weighted by molar-refractivity contribution is 0.0986. The summed E-state index contributed by atoms with van der Waals surface area (Å²) < 4.78 is 3.13. The molecule has 0 spiro atoms. The fraction of sp³-hybridized carbons (Fsp3) is 0.227. The highest BCUT2D eigenvalue weighted by molar-refractivity contribution is 7.22. The third kappa shape index (κ3) is 3.97. The highest BCUT2D eigenvalue weighted by Gasteiger charge is 2.21. The molecule has 0 atom stereocenters. The average Bonchev–Trinajstić information content (AvgIpc) is 3.34. The quantitative estimate of drug-likeness (QED) is 0.473. The Morgan fingerprint density at radius 2 is 1.89 bits per heavy atom. The zero-order valence-electron chi connectivity index (χ0n) is 16.0. The largest absolute Gasteiger partial charge is 0.337 e. The number of hydrogen-bond acceptors (Lipinski definition) is 4. The van der Waals surface area contributed by atoms with Gasteiger partial charge in [-0.3, -0.25) is 9.69 Å². The number of carbonyl (C=O) groups excluding carboxylic acids is 1. The van der Waals surface area contributed by atoms with E-state index in [1.54, 1.807) is 23.9 Å². The van der Waals surface area contributed by atoms with Crippen LogP contribution in [0.4, 0.5) is 5.13 Å². The summed E-state index contributed by atoms with van der Waals surface area (Å²) in [4.78, 5) is 23.9. The van der Waals surface area contributed by atoms with Gasteiger partial charge < -0.3 is 4.57 Å². The molecule has 0 radical (unpaired) electrons. The second-order valence-electron chi connectivity index (χ2n) is 6.94. The van der Waals surface area contributed by atoms with Crippen molar-refractivity contribution in [1.29, 1.82) is 0 Å². The molecule has 28 heavy (non-hydrogen) atoms. The summed E-state index contributed by atoms with van der Waals surface area (Å²) in [6, 6.07) is 13.9. The summed E-state index contributed by atoms with van der Waals surface area (Å²) in [5.41, 5.74) is 3.95. The van der Waals surface area contributed by atoms with Crippen molar-refractivity contribution >= 4 is 32.6 Å². The Hall–Kier alpha value is -2.99. The van der Waals surface area contributed by atoms with Crippen LogP contribution in [0.5, 0.6) is 0 Å². The Bertz CT molecular complexity index is 1080. The molecule has 0 bridgehead atoms. The fourth-order valence-electron chi connectivity index (χ4n) is 3.10. The minimum absolute atomic E-state index is 0.0126. The summed E-state index contributed by atoms with van der Waals surface area (Å²) in [5, 5.41) is 0.747. The molecule has 5 nitrogen and oxygen atoms in total. The smallest absolute Gasteiger partial charge is 0.260 e. The lowest BCUT2D eigenvalue weighted by Gasteiger charge is -2.20. The molecule has 0 unspecified atom stereocenters. The van der Waals surface area contributed by atoms with Gasteiger partial charge in [0.1, 0.15) is 0 Å². The van der Waals surface area contributed by atoms with Gasteiger partial charge in [0.25, 0.3) is 5.91 Å². The lowest BCUT2D eigenvalue weighted by Crippen LogP contribution is -2.32. The van der Waals surface area contributed by atoms with Gasteiger partial charge in [0.2, 0.25) is 0 Å². The van der Waals surface area contributed by atoms with Crippen LogP contribution in [0.25, 0.3) is 10.2 Å². The number of anilines is 1. The maximum absolute atomic E-state index is 13.3. The van der Waals surface area contributed by atoms with Crippen molar-refractivity contribution < 1.29 is 4.79 Å². The number of rotatable bonds is 6. The monoisotopic (exact) mass is 390 g/mol. The van der Waals surface area contributed by atoms with Crippen molar-refractivity contribution in [3.05, 3.63) is 77.9 Å². The van der Waals surface area contributed by atoms with Gasteiger partial charge in [-0.15, -0.1) is 0 Å². The van der Waals surface area contributed by atoms with E-state index in [0.29, 0.717) is 12.1 Å². The van der Waals surface area contributed by atoms with E-state index < -0.39 is 0 Å². The first-order valence-corrected chi connectivity index (χ1v) is 10.1. The third-order valence-corrected chi connectivity index (χ3v) is 5.71. The number of thiazole rings is 1. The van der Waals surface area contributed by atoms with Crippen molar-refractivity contribution in [1.82, 2.24) is 14.5 Å². The Morgan fingerprint density at radius 3 is 2.64 bits per heavy atom. The Kier molecular flexibility index (Phi) is 5.21. The van der Waals surface area contributed by atoms with Crippen LogP contribution < -0.4 is 4.90 Å². The molecule has 2 aromatic heterocycles. The number of aromatic nitrogens is 3. The van der Waals surface area contributed by atoms with Gasteiger partial charge in [-0.05, 0) is 50.1 Å². The van der Waals surface area contributed by atoms with Gasteiger partial charge in [-0.2, -0.15) is 0 Å². The van der Waals surface area contributed by atoms with Gasteiger partial charge >= 0.3 is 0 Å². The Labute approximate surface area is 168 Å². The molecule has 2 aromatic carbocycles. The minimum Gasteiger partial charge on any atom is -0.337 e. The Morgan fingerprint density at radius 1 is 1.11 bits per heavy atom. The molecular formula is C22H22N4OS. The van der Waals surface area contributed by atoms with Gasteiger partial charge in [0.15, 0.2) is 5.13 Å². The molecule has 4 aromatic rings. The maximum atomic E-state index is 13.3. The summed E-state index contributed by atoms with van der Waals surface area (Å²) in [7, 11) is 0. The van der Waals surface area contributed by atoms with Crippen LogP contribution in [0.15, 0.2) is 61.2 Å². The third-order valence-electron chi connectivity index (χ3n) is 4.66. The second kappa shape index (κ2) is 7.94. The van der Waals surface area contributed by atoms with Gasteiger partial charge in [0, 0.05) is 31.0 Å². The summed E-state index contributed by atoms with van der Waals surface area (Å²) in [5.74, 6) is -0.0126. The van der Waals surface area contributed by atoms with E-state index in [1.807, 2.05) is 52.9 Å². The summed E-state index contributed by atoms with van der Waals surface area (Å²) >= 11 is 1.57. The number of hydrogen-bond donors (Lipinski definition) is 0. The van der Waals surface area contributed by atoms with E-state index in [-0.39, 0.29) is 5.91 Å². The zero-order chi connectivity index (χ0) is 19.5. The van der Waals surface area contributed by atoms with Gasteiger partial charge in [-0.1, -0.05) is 35.1 Å². The summed E-state index contributed by atoms with van der Waals surface area (Å²) in [6.07, 6.45) is 6.33. The molecule has 0 aliphatic carbocycles. The summed E-state index contributed by atoms with van der Waals surface area (Å²) in [6.45, 7) is 5.50. The highest BCUT2D eigenvalue weighted by Crippen LogP contribution is 2.30. The molecule has 0 aliphatic heterocycles. The molecule has 142 valence electrons. The number of fused-ring (bicyclic) bond motifs is 1. The molecule has 2 heterocycles. The molecular weight excluding hydrogens is 368 g/mol. The van der Waals surface area contributed by atoms with E-state index in [4.69, 9.17) is 4.98 Å². The normalized spacial score (nSPS) is 11.1. The number of aryl methyl sites for hydroxylation is 3. The molecule has 1 amide bonds. The van der Waals surface area contributed by atoms with Crippen LogP contribution in [0, 0.1) is 13.8 Å². The van der Waals surface area contributed by atoms with Crippen LogP contribution in [-0.4, -0.2) is 27.0 Å². The van der Waals surface area contributed by atoms with E-state index in [0.717, 1.165) is 33.9 Å². The minimum atomic E-state index is -0.0126. The zero-order valence-corrected chi connectivity index (χ0v) is 16.8. The van der Waals surface area contributed by atoms with Crippen LogP contribution in [0.2, 0.25) is 0 Å². The van der Waals surface area contributed by atoms with Crippen LogP contribution >= 0.6 is 11.3 Å². The molecule has 0 saturated heterocycles. The average molecular weight is 391 g/mol. The first-order chi connectivity index (χ1) is 13.6. The van der Waals surface area contributed by atoms with Crippen LogP contribution in [0.1, 0.15) is 27.9 Å². The van der Waals surface area contributed by atoms with E-state index >= 15 is 0 Å². The first kappa shape index (κ1) is 18.4. The topological polar surface area (TPSA) is 51.0 Å². The number of benzene rings is 2. The van der Waals surface area contributed by atoms with Crippen LogP contribution in [0.3, 0.4) is 0 Å². The van der Waals surface area contributed by atoms with Crippen molar-refractivity contribution in [2.75, 3.05) is 11.4 Å². The molecule has 0 aliphatic rings. The fourth-order valence-corrected chi connectivity index (χ4v) is 4.19. The van der Waals surface area contributed by atoms with Crippen molar-refractivity contribution in [3.8, 4) is 0 Å². The predicted molar refractivity (Wildman–Crippen MR) is 114 cm³/mol. The van der Waals surface area contributed by atoms with Gasteiger partial charge in [-0.25, -0.2) is 9.97 Å². The van der Waals surface area contributed by atoms with Crippen molar-refractivity contribution in [3.63, 3.8) is 0 Å². The molecule has 0 fully saturated rings. The molecule has 0 saturated carbocycles. The van der Waals surface area contributed by atoms with E-state index in [9.17, 15) is 4.79 Å². The van der Waals surface area contributed by atoms with E-state index in [2.05, 4.69) is 24.0 Å². The number of carbonyl (C=O) groups is 1. The van der Waals surface area contributed by atoms with Crippen molar-refractivity contribution in [2.24, 2.45) is 0 Å². The van der Waals surface area contributed by atoms with E-state index in [1.165, 1.54) is 5.56 Å². The molecule has 6 heteroatoms. The van der Waals surface area contributed by atoms with Crippen LogP contribution in [-0.2, 0) is 6.54 Å². The number of nitrogens with zero attached hydrogens (tertiary/aromatic N) is 4. The Balaban J connectivity index is 1.62. The standard InChI is InChI=1S/C22H22N4OS/c1-16-4-7-18(8-5-16)21(27)26(12-3-11-25-13-10-23-15-25)22-24-19-9-6-17(2)14-20(19)28-22/h4-10,13-15H,3,11-12H2,1-2H3. The second-order valence-corrected chi connectivity index (χ2v) is 7.95. The van der Waals surface area contributed by atoms with Gasteiger partial charge in [0.05, 0.1) is 16.5 Å². The molecule has 0 N–H and O–H groups in total. The lowest BCUT2D eigenvalue weighted by atomic mass is 10.1. The SMILES string of the molecule is Cc1ccc(C(=O)N(CCCn2ccnc2)c2nc3ccc(C)cc3s2)cc1. The highest BCUT2D eigenvalue weighted by atomic mass is 32.1. The maximum Gasteiger partial charge on any atom is 0.260 e. The first-order valence-electron chi connectivity index (χ1n) is 9.31. The predicted octanol–water partition coefficient (Wildman–Crippen LogP) is 4.85. The number of imidazole rings is 1. The molecule has 4 rings (SSSR count). The van der Waals surface area contributed by atoms with Crippen molar-refractivity contribution in [2.45, 2.75) is 26.8 Å².